The minimum atomic E-state index is 0.670. The Hall–Kier alpha value is -1.02. The van der Waals surface area contributed by atoms with E-state index in [1.165, 1.54) is 56.2 Å². The fourth-order valence-corrected chi connectivity index (χ4v) is 3.31. The van der Waals surface area contributed by atoms with Crippen molar-refractivity contribution < 1.29 is 0 Å². The second kappa shape index (κ2) is 9.09. The molecule has 0 bridgehead atoms. The number of para-hydroxylation sites is 1. The maximum atomic E-state index is 3.84. The van der Waals surface area contributed by atoms with Gasteiger partial charge in [0.05, 0.1) is 0 Å². The van der Waals surface area contributed by atoms with Gasteiger partial charge in [-0.3, -0.25) is 4.90 Å². The van der Waals surface area contributed by atoms with E-state index in [4.69, 9.17) is 0 Å². The second-order valence-electron chi connectivity index (χ2n) is 6.30. The van der Waals surface area contributed by atoms with Gasteiger partial charge in [-0.1, -0.05) is 64.2 Å². The molecule has 0 spiro atoms. The lowest BCUT2D eigenvalue weighted by Crippen LogP contribution is -2.25. The summed E-state index contributed by atoms with van der Waals surface area (Å²) in [5.74, 6) is 0. The Morgan fingerprint density at radius 3 is 2.24 bits per heavy atom. The Bertz CT molecular complexity index is 390. The first-order chi connectivity index (χ1) is 10.3. The fraction of sp³-hybridized carbons (Fsp3) is 0.684. The van der Waals surface area contributed by atoms with Crippen molar-refractivity contribution in [2.75, 3.05) is 18.4 Å². The smallest absolute Gasteiger partial charge is 0.0388 e. The summed E-state index contributed by atoms with van der Waals surface area (Å²) in [5.41, 5.74) is 2.80. The van der Waals surface area contributed by atoms with Crippen molar-refractivity contribution >= 4 is 5.69 Å². The molecule has 1 saturated carbocycles. The normalized spacial score (nSPS) is 17.5. The van der Waals surface area contributed by atoms with Crippen LogP contribution in [-0.4, -0.2) is 24.0 Å². The summed E-state index contributed by atoms with van der Waals surface area (Å²) in [6.07, 6.45) is 9.70. The van der Waals surface area contributed by atoms with Crippen LogP contribution in [0, 0.1) is 0 Å². The fourth-order valence-electron chi connectivity index (χ4n) is 3.31. The van der Waals surface area contributed by atoms with Crippen molar-refractivity contribution in [3.63, 3.8) is 0 Å². The highest BCUT2D eigenvalue weighted by atomic mass is 15.1. The zero-order valence-electron chi connectivity index (χ0n) is 13.9. The molecule has 1 aromatic rings. The molecule has 2 heteroatoms. The molecule has 0 unspecified atom stereocenters. The molecule has 1 aliphatic rings. The van der Waals surface area contributed by atoms with Gasteiger partial charge in [0.25, 0.3) is 0 Å². The van der Waals surface area contributed by atoms with Crippen molar-refractivity contribution in [3.05, 3.63) is 29.8 Å². The molecule has 0 saturated heterocycles. The van der Waals surface area contributed by atoms with E-state index in [2.05, 4.69) is 48.3 Å². The highest BCUT2D eigenvalue weighted by Gasteiger charge is 2.13. The van der Waals surface area contributed by atoms with Gasteiger partial charge in [0.15, 0.2) is 0 Å². The van der Waals surface area contributed by atoms with Crippen molar-refractivity contribution in [1.29, 1.82) is 0 Å². The van der Waals surface area contributed by atoms with Crippen LogP contribution >= 0.6 is 0 Å². The maximum absolute atomic E-state index is 3.84. The predicted octanol–water partition coefficient (Wildman–Crippen LogP) is 5.05. The number of benzene rings is 1. The lowest BCUT2D eigenvalue weighted by Gasteiger charge is -2.25. The van der Waals surface area contributed by atoms with Gasteiger partial charge < -0.3 is 5.32 Å². The number of rotatable bonds is 6. The molecule has 118 valence electrons. The van der Waals surface area contributed by atoms with Crippen LogP contribution in [0.25, 0.3) is 0 Å². The van der Waals surface area contributed by atoms with Crippen LogP contribution in [0.15, 0.2) is 24.3 Å². The Kier molecular flexibility index (Phi) is 7.08. The summed E-state index contributed by atoms with van der Waals surface area (Å²) in [7, 11) is 0. The first-order valence-electron chi connectivity index (χ1n) is 8.90. The molecule has 0 aliphatic heterocycles. The van der Waals surface area contributed by atoms with Gasteiger partial charge in [-0.05, 0) is 37.6 Å². The van der Waals surface area contributed by atoms with E-state index in [1.54, 1.807) is 0 Å². The summed E-state index contributed by atoms with van der Waals surface area (Å²) >= 11 is 0. The number of nitrogens with zero attached hydrogens (tertiary/aromatic N) is 1. The molecule has 0 amide bonds. The van der Waals surface area contributed by atoms with Crippen LogP contribution in [0.1, 0.15) is 64.4 Å². The van der Waals surface area contributed by atoms with Crippen molar-refractivity contribution in [2.45, 2.75) is 71.4 Å². The Labute approximate surface area is 130 Å². The van der Waals surface area contributed by atoms with E-state index in [9.17, 15) is 0 Å². The molecule has 1 fully saturated rings. The number of anilines is 1. The lowest BCUT2D eigenvalue weighted by molar-refractivity contribution is 0.296. The van der Waals surface area contributed by atoms with E-state index < -0.39 is 0 Å². The standard InChI is InChI=1S/C19H32N2/c1-3-21(4-2)16-17-12-10-11-15-19(17)20-18-13-8-6-5-7-9-14-18/h10-12,15,18,20H,3-9,13-14,16H2,1-2H3. The number of hydrogen-bond acceptors (Lipinski definition) is 2. The number of hydrogen-bond donors (Lipinski definition) is 1. The molecular formula is C19H32N2. The Morgan fingerprint density at radius 2 is 1.57 bits per heavy atom. The van der Waals surface area contributed by atoms with Crippen molar-refractivity contribution in [1.82, 2.24) is 4.90 Å². The van der Waals surface area contributed by atoms with E-state index in [1.807, 2.05) is 0 Å². The zero-order chi connectivity index (χ0) is 14.9. The van der Waals surface area contributed by atoms with Gasteiger partial charge in [-0.25, -0.2) is 0 Å². The van der Waals surface area contributed by atoms with Crippen LogP contribution in [0.4, 0.5) is 5.69 Å². The predicted molar refractivity (Wildman–Crippen MR) is 92.8 cm³/mol. The van der Waals surface area contributed by atoms with Gasteiger partial charge in [0, 0.05) is 18.3 Å². The summed E-state index contributed by atoms with van der Waals surface area (Å²) in [6.45, 7) is 7.79. The van der Waals surface area contributed by atoms with E-state index in [0.717, 1.165) is 19.6 Å². The quantitative estimate of drug-likeness (QED) is 0.787. The van der Waals surface area contributed by atoms with E-state index >= 15 is 0 Å². The molecule has 0 atom stereocenters. The van der Waals surface area contributed by atoms with Crippen LogP contribution in [0.5, 0.6) is 0 Å². The van der Waals surface area contributed by atoms with Gasteiger partial charge in [-0.15, -0.1) is 0 Å². The molecule has 21 heavy (non-hydrogen) atoms. The van der Waals surface area contributed by atoms with Gasteiger partial charge in [-0.2, -0.15) is 0 Å². The number of nitrogens with one attached hydrogen (secondary N) is 1. The minimum Gasteiger partial charge on any atom is -0.382 e. The van der Waals surface area contributed by atoms with E-state index in [-0.39, 0.29) is 0 Å². The Morgan fingerprint density at radius 1 is 0.952 bits per heavy atom. The topological polar surface area (TPSA) is 15.3 Å². The molecule has 0 heterocycles. The minimum absolute atomic E-state index is 0.670. The zero-order valence-corrected chi connectivity index (χ0v) is 13.9. The Balaban J connectivity index is 2.00. The monoisotopic (exact) mass is 288 g/mol. The third kappa shape index (κ3) is 5.35. The first kappa shape index (κ1) is 16.4. The van der Waals surface area contributed by atoms with Crippen molar-refractivity contribution in [3.8, 4) is 0 Å². The average molecular weight is 288 g/mol. The summed E-state index contributed by atoms with van der Waals surface area (Å²) in [6, 6.07) is 9.54. The molecule has 2 rings (SSSR count). The highest BCUT2D eigenvalue weighted by Crippen LogP contribution is 2.23. The summed E-state index contributed by atoms with van der Waals surface area (Å²) in [5, 5.41) is 3.84. The van der Waals surface area contributed by atoms with Gasteiger partial charge in [0.1, 0.15) is 0 Å². The highest BCUT2D eigenvalue weighted by molar-refractivity contribution is 5.51. The molecule has 0 radical (unpaired) electrons. The average Bonchev–Trinajstić information content (AvgIpc) is 2.48. The lowest BCUT2D eigenvalue weighted by atomic mass is 9.96. The third-order valence-electron chi connectivity index (χ3n) is 4.77. The summed E-state index contributed by atoms with van der Waals surface area (Å²) < 4.78 is 0. The SMILES string of the molecule is CCN(CC)Cc1ccccc1NC1CCCCCCC1. The molecule has 1 N–H and O–H groups in total. The molecule has 1 aromatic carbocycles. The van der Waals surface area contributed by atoms with Gasteiger partial charge >= 0.3 is 0 Å². The molecule has 0 aromatic heterocycles. The van der Waals surface area contributed by atoms with Crippen LogP contribution in [-0.2, 0) is 6.54 Å². The molecular weight excluding hydrogens is 256 g/mol. The molecule has 1 aliphatic carbocycles. The van der Waals surface area contributed by atoms with Crippen molar-refractivity contribution in [2.24, 2.45) is 0 Å². The molecule has 2 nitrogen and oxygen atoms in total. The van der Waals surface area contributed by atoms with Crippen LogP contribution in [0.3, 0.4) is 0 Å². The first-order valence-corrected chi connectivity index (χ1v) is 8.90. The largest absolute Gasteiger partial charge is 0.382 e. The van der Waals surface area contributed by atoms with E-state index in [0.29, 0.717) is 6.04 Å². The third-order valence-corrected chi connectivity index (χ3v) is 4.77. The van der Waals surface area contributed by atoms with Crippen LogP contribution < -0.4 is 5.32 Å². The maximum Gasteiger partial charge on any atom is 0.0388 e. The van der Waals surface area contributed by atoms with Gasteiger partial charge in [0.2, 0.25) is 0 Å². The van der Waals surface area contributed by atoms with Crippen LogP contribution in [0.2, 0.25) is 0 Å². The summed E-state index contributed by atoms with van der Waals surface area (Å²) in [4.78, 5) is 2.48. The second-order valence-corrected chi connectivity index (χ2v) is 6.30.